The summed E-state index contributed by atoms with van der Waals surface area (Å²) in [6.07, 6.45) is -3.29. The zero-order valence-electron chi connectivity index (χ0n) is 13.9. The van der Waals surface area contributed by atoms with Gasteiger partial charge in [-0.1, -0.05) is 18.2 Å². The molecule has 2 atom stereocenters. The Morgan fingerprint density at radius 2 is 1.56 bits per heavy atom. The number of aliphatic carboxylic acids is 2. The summed E-state index contributed by atoms with van der Waals surface area (Å²) >= 11 is 0. The number of hydrogen-bond donors (Lipinski definition) is 3. The topological polar surface area (TPSA) is 139 Å². The third-order valence-electron chi connectivity index (χ3n) is 2.73. The van der Waals surface area contributed by atoms with Crippen LogP contribution in [0.3, 0.4) is 0 Å². The van der Waals surface area contributed by atoms with Crippen LogP contribution in [-0.2, 0) is 19.1 Å². The summed E-state index contributed by atoms with van der Waals surface area (Å²) in [6.45, 7) is 4.64. The maximum atomic E-state index is 12.0. The normalized spacial score (nSPS) is 13.2. The third-order valence-corrected chi connectivity index (χ3v) is 2.73. The van der Waals surface area contributed by atoms with Crippen molar-refractivity contribution >= 4 is 24.0 Å². The maximum Gasteiger partial charge on any atom is 0.408 e. The van der Waals surface area contributed by atoms with Gasteiger partial charge in [-0.2, -0.15) is 0 Å². The Morgan fingerprint density at radius 1 is 1.00 bits per heavy atom. The van der Waals surface area contributed by atoms with E-state index in [1.807, 2.05) is 5.32 Å². The van der Waals surface area contributed by atoms with Gasteiger partial charge < -0.3 is 25.0 Å². The third kappa shape index (κ3) is 6.50. The van der Waals surface area contributed by atoms with Crippen LogP contribution >= 0.6 is 0 Å². The molecule has 136 valence electrons. The second-order valence-electron chi connectivity index (χ2n) is 5.99. The minimum Gasteiger partial charge on any atom is -0.480 e. The van der Waals surface area contributed by atoms with Crippen molar-refractivity contribution in [2.24, 2.45) is 0 Å². The van der Waals surface area contributed by atoms with E-state index in [0.29, 0.717) is 0 Å². The van der Waals surface area contributed by atoms with E-state index in [1.54, 1.807) is 26.8 Å². The molecule has 0 radical (unpaired) electrons. The van der Waals surface area contributed by atoms with Gasteiger partial charge in [0.1, 0.15) is 5.60 Å². The fourth-order valence-corrected chi connectivity index (χ4v) is 1.72. The molecule has 1 amide bonds. The molecule has 0 bridgehead atoms. The number of esters is 1. The van der Waals surface area contributed by atoms with Gasteiger partial charge in [-0.15, -0.1) is 0 Å². The highest BCUT2D eigenvalue weighted by Gasteiger charge is 2.39. The zero-order valence-corrected chi connectivity index (χ0v) is 13.9. The molecule has 2 unspecified atom stereocenters. The summed E-state index contributed by atoms with van der Waals surface area (Å²) < 4.78 is 9.65. The smallest absolute Gasteiger partial charge is 0.408 e. The average molecular weight is 353 g/mol. The first-order valence-corrected chi connectivity index (χ1v) is 7.22. The van der Waals surface area contributed by atoms with Crippen molar-refractivity contribution in [2.45, 2.75) is 38.5 Å². The number of amides is 1. The Morgan fingerprint density at radius 3 is 2.00 bits per heavy atom. The van der Waals surface area contributed by atoms with Crippen molar-refractivity contribution in [1.29, 1.82) is 0 Å². The van der Waals surface area contributed by atoms with E-state index in [0.717, 1.165) is 0 Å². The van der Waals surface area contributed by atoms with Crippen LogP contribution in [0.1, 0.15) is 31.1 Å². The summed E-state index contributed by atoms with van der Waals surface area (Å²) in [5.41, 5.74) is -0.887. The minimum atomic E-state index is -2.14. The predicted octanol–water partition coefficient (Wildman–Crippen LogP) is 1.27. The Balaban J connectivity index is 2.95. The fraction of sp³-hybridized carbons (Fsp3) is 0.375. The second-order valence-corrected chi connectivity index (χ2v) is 5.99. The number of carboxylic acids is 2. The Hall–Kier alpha value is -3.10. The van der Waals surface area contributed by atoms with Crippen molar-refractivity contribution in [3.05, 3.63) is 35.9 Å². The van der Waals surface area contributed by atoms with Crippen molar-refractivity contribution in [2.75, 3.05) is 0 Å². The maximum absolute atomic E-state index is 12.0. The average Bonchev–Trinajstić information content (AvgIpc) is 2.49. The number of carbonyl (C=O) groups excluding carboxylic acids is 2. The number of alkyl carbamates (subject to hydrolysis) is 1. The number of carbonyl (C=O) groups is 4. The number of carboxylic acid groups (broad SMARTS) is 2. The van der Waals surface area contributed by atoms with Gasteiger partial charge in [0.15, 0.2) is 6.04 Å². The zero-order chi connectivity index (χ0) is 19.2. The summed E-state index contributed by atoms with van der Waals surface area (Å²) in [6, 6.07) is 5.41. The molecule has 0 aliphatic carbocycles. The number of benzene rings is 1. The first-order valence-electron chi connectivity index (χ1n) is 7.22. The van der Waals surface area contributed by atoms with Crippen LogP contribution in [0.25, 0.3) is 0 Å². The molecule has 0 aromatic heterocycles. The number of hydrogen-bond acceptors (Lipinski definition) is 6. The van der Waals surface area contributed by atoms with Crippen LogP contribution in [0.5, 0.6) is 0 Å². The van der Waals surface area contributed by atoms with Gasteiger partial charge in [0.2, 0.25) is 6.10 Å². The van der Waals surface area contributed by atoms with Crippen molar-refractivity contribution < 1.29 is 38.9 Å². The highest BCUT2D eigenvalue weighted by Crippen LogP contribution is 2.11. The first kappa shape index (κ1) is 19.9. The molecule has 0 heterocycles. The van der Waals surface area contributed by atoms with Gasteiger partial charge >= 0.3 is 24.0 Å². The fourth-order valence-electron chi connectivity index (χ4n) is 1.72. The van der Waals surface area contributed by atoms with E-state index < -0.39 is 41.7 Å². The van der Waals surface area contributed by atoms with Gasteiger partial charge in [-0.25, -0.2) is 19.2 Å². The van der Waals surface area contributed by atoms with Gasteiger partial charge in [0.25, 0.3) is 0 Å². The molecular formula is C16H19NO8. The molecule has 1 aromatic rings. The lowest BCUT2D eigenvalue weighted by Crippen LogP contribution is -2.54. The largest absolute Gasteiger partial charge is 0.480 e. The van der Waals surface area contributed by atoms with Gasteiger partial charge in [-0.3, -0.25) is 0 Å². The molecular weight excluding hydrogens is 334 g/mol. The summed E-state index contributed by atoms with van der Waals surface area (Å²) in [4.78, 5) is 46.4. The molecule has 0 aliphatic rings. The molecule has 0 saturated heterocycles. The first-order chi connectivity index (χ1) is 11.5. The standard InChI is InChI=1S/C16H19NO8/c1-16(2,3)25-15(23)17-10(12(18)19)11(13(20)21)24-14(22)9-7-5-4-6-8-9/h4-8,10-11H,1-3H3,(H,17,23)(H,18,19)(H,20,21). The van der Waals surface area contributed by atoms with E-state index in [-0.39, 0.29) is 5.56 Å². The highest BCUT2D eigenvalue weighted by molar-refractivity contribution is 5.93. The Kier molecular flexibility index (Phi) is 6.49. The number of nitrogens with one attached hydrogen (secondary N) is 1. The molecule has 1 rings (SSSR count). The van der Waals surface area contributed by atoms with Crippen LogP contribution in [0.2, 0.25) is 0 Å². The molecule has 3 N–H and O–H groups in total. The van der Waals surface area contributed by atoms with Crippen LogP contribution < -0.4 is 5.32 Å². The van der Waals surface area contributed by atoms with Gasteiger partial charge in [0.05, 0.1) is 5.56 Å². The molecule has 9 nitrogen and oxygen atoms in total. The highest BCUT2D eigenvalue weighted by atomic mass is 16.6. The molecule has 0 aliphatic heterocycles. The molecule has 0 saturated carbocycles. The quantitative estimate of drug-likeness (QED) is 0.650. The Bertz CT molecular complexity index is 650. The lowest BCUT2D eigenvalue weighted by Gasteiger charge is -2.24. The van der Waals surface area contributed by atoms with Crippen LogP contribution in [0.4, 0.5) is 4.79 Å². The second kappa shape index (κ2) is 8.13. The summed E-state index contributed by atoms with van der Waals surface area (Å²) in [5.74, 6) is -4.46. The Labute approximate surface area is 143 Å². The minimum absolute atomic E-state index is 0.0372. The molecule has 1 aromatic carbocycles. The monoisotopic (exact) mass is 353 g/mol. The molecule has 25 heavy (non-hydrogen) atoms. The lowest BCUT2D eigenvalue weighted by atomic mass is 10.1. The SMILES string of the molecule is CC(C)(C)OC(=O)NC(C(=O)O)C(OC(=O)c1ccccc1)C(=O)O. The van der Waals surface area contributed by atoms with Crippen molar-refractivity contribution in [3.63, 3.8) is 0 Å². The van der Waals surface area contributed by atoms with Crippen LogP contribution in [0.15, 0.2) is 30.3 Å². The summed E-state index contributed by atoms with van der Waals surface area (Å²) in [7, 11) is 0. The van der Waals surface area contributed by atoms with Crippen molar-refractivity contribution in [1.82, 2.24) is 5.32 Å². The number of rotatable bonds is 6. The molecule has 9 heteroatoms. The van der Waals surface area contributed by atoms with E-state index >= 15 is 0 Å². The lowest BCUT2D eigenvalue weighted by molar-refractivity contribution is -0.156. The van der Waals surface area contributed by atoms with Crippen LogP contribution in [0, 0.1) is 0 Å². The van der Waals surface area contributed by atoms with Crippen LogP contribution in [-0.4, -0.2) is 52.0 Å². The van der Waals surface area contributed by atoms with Gasteiger partial charge in [-0.05, 0) is 32.9 Å². The van der Waals surface area contributed by atoms with E-state index in [4.69, 9.17) is 9.47 Å². The van der Waals surface area contributed by atoms with E-state index in [9.17, 15) is 29.4 Å². The summed E-state index contributed by atoms with van der Waals surface area (Å²) in [5, 5.41) is 20.3. The van der Waals surface area contributed by atoms with E-state index in [2.05, 4.69) is 0 Å². The molecule has 0 fully saturated rings. The van der Waals surface area contributed by atoms with Gasteiger partial charge in [0, 0.05) is 0 Å². The van der Waals surface area contributed by atoms with E-state index in [1.165, 1.54) is 24.3 Å². The van der Waals surface area contributed by atoms with Crippen molar-refractivity contribution in [3.8, 4) is 0 Å². The predicted molar refractivity (Wildman–Crippen MR) is 84.1 cm³/mol. The number of ether oxygens (including phenoxy) is 2. The molecule has 0 spiro atoms.